The second-order valence-corrected chi connectivity index (χ2v) is 5.31. The number of anilines is 1. The summed E-state index contributed by atoms with van der Waals surface area (Å²) in [5.41, 5.74) is 8.25. The summed E-state index contributed by atoms with van der Waals surface area (Å²) in [4.78, 5) is 2.49. The normalized spacial score (nSPS) is 21.4. The average molecular weight is 253 g/mol. The van der Waals surface area contributed by atoms with Crippen molar-refractivity contribution in [2.24, 2.45) is 5.73 Å². The van der Waals surface area contributed by atoms with Gasteiger partial charge < -0.3 is 10.6 Å². The Bertz CT molecular complexity index is 378. The van der Waals surface area contributed by atoms with Crippen molar-refractivity contribution in [3.63, 3.8) is 0 Å². The summed E-state index contributed by atoms with van der Waals surface area (Å²) in [5, 5.41) is 0.775. The van der Waals surface area contributed by atoms with E-state index in [1.54, 1.807) is 0 Å². The number of halogens is 1. The minimum Gasteiger partial charge on any atom is -0.369 e. The lowest BCUT2D eigenvalue weighted by atomic mass is 10.1. The van der Waals surface area contributed by atoms with E-state index in [-0.39, 0.29) is 0 Å². The predicted octanol–water partition coefficient (Wildman–Crippen LogP) is 3.57. The molecule has 2 rings (SSSR count). The molecular formula is C14H21ClN2. The minimum atomic E-state index is 0.555. The molecule has 1 heterocycles. The average Bonchev–Trinajstić information content (AvgIpc) is 2.54. The Morgan fingerprint density at radius 2 is 2.18 bits per heavy atom. The maximum absolute atomic E-state index is 6.03. The third kappa shape index (κ3) is 2.93. The van der Waals surface area contributed by atoms with Crippen molar-refractivity contribution in [3.05, 3.63) is 28.8 Å². The van der Waals surface area contributed by atoms with Crippen molar-refractivity contribution in [1.82, 2.24) is 0 Å². The number of benzene rings is 1. The largest absolute Gasteiger partial charge is 0.369 e. The maximum Gasteiger partial charge on any atom is 0.0415 e. The van der Waals surface area contributed by atoms with Gasteiger partial charge in [-0.1, -0.05) is 24.4 Å². The SMILES string of the molecule is CC1CCCCCN1c1ccc(Cl)cc1CN. The van der Waals surface area contributed by atoms with E-state index >= 15 is 0 Å². The predicted molar refractivity (Wildman–Crippen MR) is 74.6 cm³/mol. The van der Waals surface area contributed by atoms with Crippen LogP contribution in [0.5, 0.6) is 0 Å². The molecule has 0 amide bonds. The lowest BCUT2D eigenvalue weighted by Crippen LogP contribution is -2.33. The lowest BCUT2D eigenvalue weighted by molar-refractivity contribution is 0.614. The summed E-state index contributed by atoms with van der Waals surface area (Å²) < 4.78 is 0. The molecule has 0 radical (unpaired) electrons. The molecule has 94 valence electrons. The summed E-state index contributed by atoms with van der Waals surface area (Å²) in [7, 11) is 0. The van der Waals surface area contributed by atoms with Crippen LogP contribution >= 0.6 is 11.6 Å². The molecule has 2 N–H and O–H groups in total. The Morgan fingerprint density at radius 3 is 2.94 bits per heavy atom. The van der Waals surface area contributed by atoms with Crippen molar-refractivity contribution >= 4 is 17.3 Å². The van der Waals surface area contributed by atoms with E-state index in [4.69, 9.17) is 17.3 Å². The third-order valence-electron chi connectivity index (χ3n) is 3.62. The van der Waals surface area contributed by atoms with Crippen LogP contribution in [0.4, 0.5) is 5.69 Å². The highest BCUT2D eigenvalue weighted by Crippen LogP contribution is 2.29. The van der Waals surface area contributed by atoms with Gasteiger partial charge in [-0.15, -0.1) is 0 Å². The van der Waals surface area contributed by atoms with Gasteiger partial charge in [-0.3, -0.25) is 0 Å². The van der Waals surface area contributed by atoms with Gasteiger partial charge >= 0.3 is 0 Å². The van der Waals surface area contributed by atoms with E-state index in [0.717, 1.165) is 17.1 Å². The molecule has 0 aliphatic carbocycles. The van der Waals surface area contributed by atoms with Gasteiger partial charge in [-0.05, 0) is 43.5 Å². The highest BCUT2D eigenvalue weighted by atomic mass is 35.5. The molecule has 1 unspecified atom stereocenters. The molecule has 3 heteroatoms. The van der Waals surface area contributed by atoms with E-state index in [2.05, 4.69) is 17.9 Å². The Kier molecular flexibility index (Phi) is 4.30. The molecular weight excluding hydrogens is 232 g/mol. The van der Waals surface area contributed by atoms with Crippen molar-refractivity contribution in [3.8, 4) is 0 Å². The van der Waals surface area contributed by atoms with E-state index < -0.39 is 0 Å². The van der Waals surface area contributed by atoms with Gasteiger partial charge in [0.1, 0.15) is 0 Å². The summed E-state index contributed by atoms with van der Waals surface area (Å²) in [5.74, 6) is 0. The first-order valence-electron chi connectivity index (χ1n) is 6.47. The molecule has 17 heavy (non-hydrogen) atoms. The molecule has 1 fully saturated rings. The van der Waals surface area contributed by atoms with Crippen LogP contribution in [0.2, 0.25) is 5.02 Å². The van der Waals surface area contributed by atoms with E-state index in [1.165, 1.54) is 31.4 Å². The molecule has 1 aromatic rings. The van der Waals surface area contributed by atoms with Gasteiger partial charge in [-0.2, -0.15) is 0 Å². The first-order valence-corrected chi connectivity index (χ1v) is 6.85. The zero-order chi connectivity index (χ0) is 12.3. The number of rotatable bonds is 2. The standard InChI is InChI=1S/C14H21ClN2/c1-11-5-3-2-4-8-17(11)14-7-6-13(15)9-12(14)10-16/h6-7,9,11H,2-5,8,10,16H2,1H3. The quantitative estimate of drug-likeness (QED) is 0.872. The number of nitrogens with two attached hydrogens (primary N) is 1. The van der Waals surface area contributed by atoms with Crippen LogP contribution in [0.15, 0.2) is 18.2 Å². The van der Waals surface area contributed by atoms with Crippen LogP contribution in [-0.2, 0) is 6.54 Å². The van der Waals surface area contributed by atoms with Crippen LogP contribution in [0, 0.1) is 0 Å². The molecule has 1 aromatic carbocycles. The van der Waals surface area contributed by atoms with Crippen molar-refractivity contribution < 1.29 is 0 Å². The second-order valence-electron chi connectivity index (χ2n) is 4.87. The molecule has 0 spiro atoms. The molecule has 0 bridgehead atoms. The van der Waals surface area contributed by atoms with E-state index in [0.29, 0.717) is 12.6 Å². The Hall–Kier alpha value is -0.730. The molecule has 1 aliphatic heterocycles. The second kappa shape index (κ2) is 5.74. The fourth-order valence-electron chi connectivity index (χ4n) is 2.63. The van der Waals surface area contributed by atoms with Crippen molar-refractivity contribution in [2.45, 2.75) is 45.2 Å². The van der Waals surface area contributed by atoms with Crippen molar-refractivity contribution in [2.75, 3.05) is 11.4 Å². The van der Waals surface area contributed by atoms with Crippen LogP contribution < -0.4 is 10.6 Å². The minimum absolute atomic E-state index is 0.555. The molecule has 1 saturated heterocycles. The van der Waals surface area contributed by atoms with Gasteiger partial charge in [0.2, 0.25) is 0 Å². The number of hydrogen-bond acceptors (Lipinski definition) is 2. The summed E-state index contributed by atoms with van der Waals surface area (Å²) in [6, 6.07) is 6.68. The number of hydrogen-bond donors (Lipinski definition) is 1. The van der Waals surface area contributed by atoms with Gasteiger partial charge in [0.25, 0.3) is 0 Å². The summed E-state index contributed by atoms with van der Waals surface area (Å²) in [6.45, 7) is 4.00. The molecule has 2 nitrogen and oxygen atoms in total. The molecule has 0 saturated carbocycles. The lowest BCUT2D eigenvalue weighted by Gasteiger charge is -2.31. The first kappa shape index (κ1) is 12.7. The van der Waals surface area contributed by atoms with Gasteiger partial charge in [0.05, 0.1) is 0 Å². The molecule has 1 atom stereocenters. The fraction of sp³-hybridized carbons (Fsp3) is 0.571. The fourth-order valence-corrected chi connectivity index (χ4v) is 2.83. The van der Waals surface area contributed by atoms with E-state index in [1.807, 2.05) is 12.1 Å². The van der Waals surface area contributed by atoms with Crippen LogP contribution in [0.3, 0.4) is 0 Å². The molecule has 0 aromatic heterocycles. The van der Waals surface area contributed by atoms with Gasteiger partial charge in [-0.25, -0.2) is 0 Å². The summed E-state index contributed by atoms with van der Waals surface area (Å²) in [6.07, 6.45) is 5.22. The number of nitrogens with zero attached hydrogens (tertiary/aromatic N) is 1. The monoisotopic (exact) mass is 252 g/mol. The summed E-state index contributed by atoms with van der Waals surface area (Å²) >= 11 is 6.03. The highest BCUT2D eigenvalue weighted by Gasteiger charge is 2.19. The van der Waals surface area contributed by atoms with Crippen LogP contribution in [-0.4, -0.2) is 12.6 Å². The topological polar surface area (TPSA) is 29.3 Å². The highest BCUT2D eigenvalue weighted by molar-refractivity contribution is 6.30. The van der Waals surface area contributed by atoms with Gasteiger partial charge in [0, 0.05) is 29.8 Å². The van der Waals surface area contributed by atoms with Crippen LogP contribution in [0.25, 0.3) is 0 Å². The van der Waals surface area contributed by atoms with Gasteiger partial charge in [0.15, 0.2) is 0 Å². The third-order valence-corrected chi connectivity index (χ3v) is 3.86. The zero-order valence-corrected chi connectivity index (χ0v) is 11.2. The van der Waals surface area contributed by atoms with E-state index in [9.17, 15) is 0 Å². The zero-order valence-electron chi connectivity index (χ0n) is 10.5. The molecule has 1 aliphatic rings. The van der Waals surface area contributed by atoms with Crippen molar-refractivity contribution in [1.29, 1.82) is 0 Å². The van der Waals surface area contributed by atoms with Crippen LogP contribution in [0.1, 0.15) is 38.2 Å². The Morgan fingerprint density at radius 1 is 1.35 bits per heavy atom. The first-order chi connectivity index (χ1) is 8.22. The Balaban J connectivity index is 2.30. The Labute approximate surface area is 109 Å². The maximum atomic E-state index is 6.03. The smallest absolute Gasteiger partial charge is 0.0415 e.